The van der Waals surface area contributed by atoms with Gasteiger partial charge in [0.2, 0.25) is 5.91 Å². The average molecular weight is 457 g/mol. The van der Waals surface area contributed by atoms with Crippen LogP contribution in [0.25, 0.3) is 0 Å². The minimum absolute atomic E-state index is 0.0310. The lowest BCUT2D eigenvalue weighted by Gasteiger charge is -2.33. The first-order valence-corrected chi connectivity index (χ1v) is 12.7. The van der Waals surface area contributed by atoms with Crippen molar-refractivity contribution in [2.45, 2.75) is 79.8 Å². The Labute approximate surface area is 200 Å². The number of aromatic hydroxyl groups is 1. The zero-order chi connectivity index (χ0) is 24.8. The summed E-state index contributed by atoms with van der Waals surface area (Å²) in [6.45, 7) is 13.5. The molecule has 1 amide bonds. The van der Waals surface area contributed by atoms with E-state index < -0.39 is 0 Å². The first-order chi connectivity index (χ1) is 16.1. The van der Waals surface area contributed by atoms with Gasteiger partial charge in [0, 0.05) is 31.1 Å². The molecule has 2 aliphatic rings. The van der Waals surface area contributed by atoms with E-state index in [0.717, 1.165) is 55.7 Å². The Morgan fingerprint density at radius 1 is 0.909 bits per heavy atom. The van der Waals surface area contributed by atoms with Gasteiger partial charge in [-0.25, -0.2) is 0 Å². The van der Waals surface area contributed by atoms with Gasteiger partial charge in [-0.05, 0) is 55.0 Å². The summed E-state index contributed by atoms with van der Waals surface area (Å²) in [6.07, 6.45) is 3.46. The second kappa shape index (κ2) is 15.3. The quantitative estimate of drug-likeness (QED) is 0.516. The third kappa shape index (κ3) is 7.78. The summed E-state index contributed by atoms with van der Waals surface area (Å²) in [7, 11) is 0. The number of nitrogens with zero attached hydrogens (tertiary/aromatic N) is 1. The van der Waals surface area contributed by atoms with E-state index in [2.05, 4.69) is 16.3 Å². The Morgan fingerprint density at radius 3 is 2.18 bits per heavy atom. The van der Waals surface area contributed by atoms with Gasteiger partial charge in [-0.15, -0.1) is 0 Å². The van der Waals surface area contributed by atoms with Gasteiger partial charge in [0.05, 0.1) is 11.8 Å². The maximum Gasteiger partial charge on any atom is 0.227 e. The van der Waals surface area contributed by atoms with Gasteiger partial charge < -0.3 is 20.4 Å². The highest BCUT2D eigenvalue weighted by molar-refractivity contribution is 5.93. The number of carbonyl (C=O) groups excluding carboxylic acids is 1. The molecule has 4 rings (SSSR count). The average Bonchev–Trinajstić information content (AvgIpc) is 2.88. The minimum Gasteiger partial charge on any atom is -0.506 e. The number of fused-ring (bicyclic) bond motifs is 1. The maximum atomic E-state index is 12.8. The second-order valence-electron chi connectivity index (χ2n) is 7.58. The number of hydrogen-bond acceptors (Lipinski definition) is 4. The third-order valence-electron chi connectivity index (χ3n) is 5.81. The molecule has 1 saturated heterocycles. The van der Waals surface area contributed by atoms with E-state index in [0.29, 0.717) is 6.42 Å². The second-order valence-corrected chi connectivity index (χ2v) is 7.58. The Morgan fingerprint density at radius 2 is 1.55 bits per heavy atom. The first-order valence-electron chi connectivity index (χ1n) is 12.7. The Hall–Kier alpha value is -2.53. The van der Waals surface area contributed by atoms with Gasteiger partial charge in [-0.2, -0.15) is 0 Å². The van der Waals surface area contributed by atoms with Crippen molar-refractivity contribution in [3.05, 3.63) is 53.6 Å². The molecule has 0 spiro atoms. The number of carbonyl (C=O) groups is 1. The molecular weight excluding hydrogens is 412 g/mol. The largest absolute Gasteiger partial charge is 0.506 e. The summed E-state index contributed by atoms with van der Waals surface area (Å²) in [5.74, 6) is 0.312. The predicted octanol–water partition coefficient (Wildman–Crippen LogP) is 6.18. The third-order valence-corrected chi connectivity index (χ3v) is 5.81. The fourth-order valence-electron chi connectivity index (χ4n) is 4.24. The lowest BCUT2D eigenvalue weighted by atomic mass is 9.88. The number of benzene rings is 2. The molecule has 0 bridgehead atoms. The van der Waals surface area contributed by atoms with E-state index >= 15 is 0 Å². The molecule has 0 saturated carbocycles. The van der Waals surface area contributed by atoms with Crippen molar-refractivity contribution in [3.63, 3.8) is 0 Å². The molecule has 1 heterocycles. The lowest BCUT2D eigenvalue weighted by molar-refractivity contribution is -0.120. The van der Waals surface area contributed by atoms with Crippen molar-refractivity contribution in [1.82, 2.24) is 0 Å². The maximum absolute atomic E-state index is 12.8. The first kappa shape index (κ1) is 28.5. The van der Waals surface area contributed by atoms with Gasteiger partial charge in [0.25, 0.3) is 0 Å². The van der Waals surface area contributed by atoms with E-state index in [1.54, 1.807) is 6.07 Å². The van der Waals surface area contributed by atoms with E-state index in [1.807, 2.05) is 71.9 Å². The zero-order valence-electron chi connectivity index (χ0n) is 21.4. The van der Waals surface area contributed by atoms with Crippen LogP contribution in [0.5, 0.6) is 5.75 Å². The topological polar surface area (TPSA) is 72.8 Å². The van der Waals surface area contributed by atoms with E-state index in [-0.39, 0.29) is 23.7 Å². The van der Waals surface area contributed by atoms with Crippen molar-refractivity contribution in [2.24, 2.45) is 5.92 Å². The molecule has 5 heteroatoms. The van der Waals surface area contributed by atoms with Crippen LogP contribution in [0.2, 0.25) is 0 Å². The number of nitrogens with one attached hydrogen (secondary N) is 1. The molecule has 5 nitrogen and oxygen atoms in total. The molecule has 2 aromatic carbocycles. The fraction of sp³-hybridized carbons (Fsp3) is 0.536. The highest BCUT2D eigenvalue weighted by Crippen LogP contribution is 2.32. The van der Waals surface area contributed by atoms with Crippen molar-refractivity contribution in [2.75, 3.05) is 23.3 Å². The van der Waals surface area contributed by atoms with Gasteiger partial charge in [-0.1, -0.05) is 65.8 Å². The van der Waals surface area contributed by atoms with Crippen molar-refractivity contribution in [3.8, 4) is 5.75 Å². The summed E-state index contributed by atoms with van der Waals surface area (Å²) in [5.41, 5.74) is 3.99. The van der Waals surface area contributed by atoms with Crippen molar-refractivity contribution < 1.29 is 15.0 Å². The molecule has 3 N–H and O–H groups in total. The molecule has 33 heavy (non-hydrogen) atoms. The Balaban J connectivity index is 0.000000841. The normalized spacial score (nSPS) is 17.1. The minimum atomic E-state index is -0.322. The molecule has 1 atom stereocenters. The van der Waals surface area contributed by atoms with Gasteiger partial charge in [-0.3, -0.25) is 4.79 Å². The summed E-state index contributed by atoms with van der Waals surface area (Å²) >= 11 is 0. The van der Waals surface area contributed by atoms with Crippen LogP contribution in [-0.4, -0.2) is 35.3 Å². The molecule has 2 aromatic rings. The standard InChI is InChI=1S/C22H26N2O3.3C2H6/c25-17-9-8-15-4-3-5-19(18(15)14-17)23-22(27)16-10-12-24(13-11-16)20-6-1-2-7-21(20)26;3*1-2/h1-7,16-17,25-26H,8-14H2,(H,23,27);3*1-2H3. The van der Waals surface area contributed by atoms with Crippen LogP contribution < -0.4 is 10.2 Å². The molecule has 1 aliphatic heterocycles. The van der Waals surface area contributed by atoms with Crippen LogP contribution >= 0.6 is 0 Å². The predicted molar refractivity (Wildman–Crippen MR) is 140 cm³/mol. The molecule has 1 fully saturated rings. The monoisotopic (exact) mass is 456 g/mol. The summed E-state index contributed by atoms with van der Waals surface area (Å²) in [6, 6.07) is 13.3. The number of aliphatic hydroxyl groups excluding tert-OH is 1. The number of rotatable bonds is 3. The lowest BCUT2D eigenvalue weighted by Crippen LogP contribution is -2.38. The summed E-state index contributed by atoms with van der Waals surface area (Å²) in [4.78, 5) is 14.9. The fourth-order valence-corrected chi connectivity index (χ4v) is 4.24. The van der Waals surface area contributed by atoms with Crippen molar-refractivity contribution >= 4 is 17.3 Å². The number of anilines is 2. The highest BCUT2D eigenvalue weighted by atomic mass is 16.3. The number of hydrogen-bond donors (Lipinski definition) is 3. The highest BCUT2D eigenvalue weighted by Gasteiger charge is 2.27. The SMILES string of the molecule is CC.CC.CC.O=C(Nc1cccc2c1CC(O)CC2)C1CCN(c2ccccc2O)CC1. The molecule has 1 aliphatic carbocycles. The smallest absolute Gasteiger partial charge is 0.227 e. The zero-order valence-corrected chi connectivity index (χ0v) is 21.4. The molecular formula is C28H44N2O3. The number of amides is 1. The van der Waals surface area contributed by atoms with Gasteiger partial charge in [0.1, 0.15) is 5.75 Å². The van der Waals surface area contributed by atoms with Crippen LogP contribution in [0.15, 0.2) is 42.5 Å². The molecule has 184 valence electrons. The van der Waals surface area contributed by atoms with Gasteiger partial charge in [0.15, 0.2) is 0 Å². The van der Waals surface area contributed by atoms with Crippen LogP contribution in [0.4, 0.5) is 11.4 Å². The van der Waals surface area contributed by atoms with E-state index in [1.165, 1.54) is 5.56 Å². The number of aryl methyl sites for hydroxylation is 1. The van der Waals surface area contributed by atoms with Crippen molar-refractivity contribution in [1.29, 1.82) is 0 Å². The molecule has 0 aromatic heterocycles. The van der Waals surface area contributed by atoms with Gasteiger partial charge >= 0.3 is 0 Å². The van der Waals surface area contributed by atoms with Crippen LogP contribution in [0, 0.1) is 5.92 Å². The number of aliphatic hydroxyl groups is 1. The summed E-state index contributed by atoms with van der Waals surface area (Å²) < 4.78 is 0. The van der Waals surface area contributed by atoms with Crippen LogP contribution in [0.1, 0.15) is 71.9 Å². The Kier molecular flexibility index (Phi) is 13.2. The Bertz CT molecular complexity index is 830. The number of piperidine rings is 1. The summed E-state index contributed by atoms with van der Waals surface area (Å²) in [5, 5.41) is 23.1. The van der Waals surface area contributed by atoms with Crippen LogP contribution in [0.3, 0.4) is 0 Å². The number of para-hydroxylation sites is 2. The van der Waals surface area contributed by atoms with E-state index in [9.17, 15) is 15.0 Å². The number of phenolic OH excluding ortho intramolecular Hbond substituents is 1. The molecule has 1 unspecified atom stereocenters. The molecule has 0 radical (unpaired) electrons. The number of phenols is 1. The van der Waals surface area contributed by atoms with E-state index in [4.69, 9.17) is 0 Å². The van der Waals surface area contributed by atoms with Crippen LogP contribution in [-0.2, 0) is 17.6 Å².